The minimum Gasteiger partial charge on any atom is -0.355 e. The fourth-order valence-electron chi connectivity index (χ4n) is 1.97. The number of carbonyl (C=O) groups is 1. The predicted octanol–water partition coefficient (Wildman–Crippen LogP) is 2.13. The molecule has 2 N–H and O–H groups in total. The van der Waals surface area contributed by atoms with Crippen molar-refractivity contribution in [2.75, 3.05) is 13.1 Å². The highest BCUT2D eigenvalue weighted by atomic mass is 32.2. The molecule has 0 aromatic heterocycles. The normalized spacial score (nSPS) is 11.7. The molecule has 0 bridgehead atoms. The van der Waals surface area contributed by atoms with Gasteiger partial charge in [0, 0.05) is 19.5 Å². The zero-order chi connectivity index (χ0) is 16.8. The van der Waals surface area contributed by atoms with E-state index in [4.69, 9.17) is 0 Å². The first-order valence-corrected chi connectivity index (χ1v) is 9.04. The van der Waals surface area contributed by atoms with E-state index >= 15 is 0 Å². The van der Waals surface area contributed by atoms with E-state index in [1.165, 1.54) is 0 Å². The molecule has 1 aromatic carbocycles. The molecule has 0 spiro atoms. The molecule has 0 aliphatic carbocycles. The van der Waals surface area contributed by atoms with Gasteiger partial charge in [-0.1, -0.05) is 26.0 Å². The molecule has 0 aliphatic heterocycles. The Labute approximate surface area is 133 Å². The lowest BCUT2D eigenvalue weighted by Crippen LogP contribution is -2.35. The van der Waals surface area contributed by atoms with Gasteiger partial charge in [0.25, 0.3) is 0 Å². The van der Waals surface area contributed by atoms with Crippen LogP contribution in [0.2, 0.25) is 0 Å². The van der Waals surface area contributed by atoms with Gasteiger partial charge >= 0.3 is 0 Å². The van der Waals surface area contributed by atoms with E-state index in [9.17, 15) is 13.2 Å². The molecule has 0 saturated carbocycles. The van der Waals surface area contributed by atoms with Crippen LogP contribution in [0.3, 0.4) is 0 Å². The first-order valence-electron chi connectivity index (χ1n) is 7.56. The van der Waals surface area contributed by atoms with Crippen LogP contribution in [0.15, 0.2) is 23.1 Å². The summed E-state index contributed by atoms with van der Waals surface area (Å²) < 4.78 is 27.0. The maximum absolute atomic E-state index is 12.2. The van der Waals surface area contributed by atoms with Crippen molar-refractivity contribution in [3.63, 3.8) is 0 Å². The lowest BCUT2D eigenvalue weighted by atomic mass is 10.1. The van der Waals surface area contributed by atoms with E-state index in [1.807, 2.05) is 13.0 Å². The van der Waals surface area contributed by atoms with Crippen LogP contribution in [0.25, 0.3) is 0 Å². The molecule has 0 radical (unpaired) electrons. The average Bonchev–Trinajstić information content (AvgIpc) is 2.44. The number of hydrogen-bond acceptors (Lipinski definition) is 3. The molecule has 0 aliphatic rings. The summed E-state index contributed by atoms with van der Waals surface area (Å²) in [6, 6.07) is 5.32. The highest BCUT2D eigenvalue weighted by Gasteiger charge is 2.16. The van der Waals surface area contributed by atoms with E-state index in [2.05, 4.69) is 23.9 Å². The molecule has 0 heterocycles. The molecule has 0 fully saturated rings. The summed E-state index contributed by atoms with van der Waals surface area (Å²) >= 11 is 0. The summed E-state index contributed by atoms with van der Waals surface area (Å²) in [6.07, 6.45) is 1.31. The molecule has 1 amide bonds. The Balaban J connectivity index is 2.47. The van der Waals surface area contributed by atoms with Crippen molar-refractivity contribution in [3.8, 4) is 0 Å². The monoisotopic (exact) mass is 326 g/mol. The Morgan fingerprint density at radius 3 is 2.50 bits per heavy atom. The van der Waals surface area contributed by atoms with Crippen LogP contribution in [0, 0.1) is 19.8 Å². The summed E-state index contributed by atoms with van der Waals surface area (Å²) in [5.41, 5.74) is 1.60. The average molecular weight is 326 g/mol. The standard InChI is InChI=1S/C16H26N2O3S/c1-12(2)5-8-16(19)17-9-10-18-22(20,21)15-11-13(3)6-7-14(15)4/h6-7,11-12,18H,5,8-10H2,1-4H3,(H,17,19). The summed E-state index contributed by atoms with van der Waals surface area (Å²) in [7, 11) is -3.54. The lowest BCUT2D eigenvalue weighted by Gasteiger charge is -2.11. The van der Waals surface area contributed by atoms with E-state index in [-0.39, 0.29) is 12.5 Å². The summed E-state index contributed by atoms with van der Waals surface area (Å²) in [4.78, 5) is 11.8. The van der Waals surface area contributed by atoms with Gasteiger partial charge in [-0.3, -0.25) is 4.79 Å². The molecule has 5 nitrogen and oxygen atoms in total. The Kier molecular flexibility index (Phi) is 7.03. The van der Waals surface area contributed by atoms with Crippen LogP contribution in [0.1, 0.15) is 37.8 Å². The zero-order valence-corrected chi connectivity index (χ0v) is 14.6. The Bertz CT molecular complexity index is 610. The molecule has 6 heteroatoms. The summed E-state index contributed by atoms with van der Waals surface area (Å²) in [5, 5.41) is 2.72. The minimum atomic E-state index is -3.54. The number of hydrogen-bond donors (Lipinski definition) is 2. The SMILES string of the molecule is Cc1ccc(C)c(S(=O)(=O)NCCNC(=O)CCC(C)C)c1. The van der Waals surface area contributed by atoms with Crippen molar-refractivity contribution in [3.05, 3.63) is 29.3 Å². The summed E-state index contributed by atoms with van der Waals surface area (Å²) in [6.45, 7) is 8.22. The smallest absolute Gasteiger partial charge is 0.240 e. The Hall–Kier alpha value is -1.40. The molecule has 0 saturated heterocycles. The highest BCUT2D eigenvalue weighted by molar-refractivity contribution is 7.89. The second kappa shape index (κ2) is 8.29. The predicted molar refractivity (Wildman–Crippen MR) is 88.2 cm³/mol. The lowest BCUT2D eigenvalue weighted by molar-refractivity contribution is -0.121. The molecule has 0 unspecified atom stereocenters. The van der Waals surface area contributed by atoms with E-state index in [0.29, 0.717) is 29.3 Å². The fraction of sp³-hybridized carbons (Fsp3) is 0.562. The second-order valence-electron chi connectivity index (χ2n) is 5.95. The van der Waals surface area contributed by atoms with E-state index < -0.39 is 10.0 Å². The third-order valence-electron chi connectivity index (χ3n) is 3.32. The molecular weight excluding hydrogens is 300 g/mol. The third-order valence-corrected chi connectivity index (χ3v) is 4.92. The molecule has 124 valence electrons. The van der Waals surface area contributed by atoms with Gasteiger partial charge in [-0.05, 0) is 43.4 Å². The molecule has 1 rings (SSSR count). The first-order chi connectivity index (χ1) is 10.2. The maximum Gasteiger partial charge on any atom is 0.240 e. The van der Waals surface area contributed by atoms with Crippen molar-refractivity contribution in [1.82, 2.24) is 10.0 Å². The van der Waals surface area contributed by atoms with Gasteiger partial charge in [0.2, 0.25) is 15.9 Å². The number of sulfonamides is 1. The van der Waals surface area contributed by atoms with Crippen LogP contribution in [-0.4, -0.2) is 27.4 Å². The van der Waals surface area contributed by atoms with Crippen molar-refractivity contribution < 1.29 is 13.2 Å². The van der Waals surface area contributed by atoms with Gasteiger partial charge in [-0.2, -0.15) is 0 Å². The van der Waals surface area contributed by atoms with Gasteiger partial charge in [0.15, 0.2) is 0 Å². The largest absolute Gasteiger partial charge is 0.355 e. The number of amides is 1. The Morgan fingerprint density at radius 2 is 1.86 bits per heavy atom. The quantitative estimate of drug-likeness (QED) is 0.719. The first kappa shape index (κ1) is 18.6. The number of nitrogens with one attached hydrogen (secondary N) is 2. The van der Waals surface area contributed by atoms with Crippen LogP contribution in [0.5, 0.6) is 0 Å². The van der Waals surface area contributed by atoms with Gasteiger partial charge in [0.1, 0.15) is 0 Å². The van der Waals surface area contributed by atoms with Gasteiger partial charge in [-0.25, -0.2) is 13.1 Å². The van der Waals surface area contributed by atoms with Crippen LogP contribution in [0.4, 0.5) is 0 Å². The van der Waals surface area contributed by atoms with Crippen LogP contribution >= 0.6 is 0 Å². The minimum absolute atomic E-state index is 0.0420. The fourth-order valence-corrected chi connectivity index (χ4v) is 3.33. The maximum atomic E-state index is 12.2. The zero-order valence-electron chi connectivity index (χ0n) is 13.8. The van der Waals surface area contributed by atoms with Crippen molar-refractivity contribution in [2.24, 2.45) is 5.92 Å². The molecule has 22 heavy (non-hydrogen) atoms. The van der Waals surface area contributed by atoms with E-state index in [1.54, 1.807) is 19.1 Å². The molecule has 0 atom stereocenters. The summed E-state index contributed by atoms with van der Waals surface area (Å²) in [5.74, 6) is 0.438. The van der Waals surface area contributed by atoms with Gasteiger partial charge in [0.05, 0.1) is 4.90 Å². The second-order valence-corrected chi connectivity index (χ2v) is 7.68. The van der Waals surface area contributed by atoms with Gasteiger partial charge < -0.3 is 5.32 Å². The molecule has 1 aromatic rings. The van der Waals surface area contributed by atoms with Crippen molar-refractivity contribution in [2.45, 2.75) is 45.4 Å². The van der Waals surface area contributed by atoms with Gasteiger partial charge in [-0.15, -0.1) is 0 Å². The number of rotatable bonds is 8. The third kappa shape index (κ3) is 6.15. The number of carbonyl (C=O) groups excluding carboxylic acids is 1. The highest BCUT2D eigenvalue weighted by Crippen LogP contribution is 2.16. The number of aryl methyl sites for hydroxylation is 2. The Morgan fingerprint density at radius 1 is 1.18 bits per heavy atom. The van der Waals surface area contributed by atoms with Crippen LogP contribution < -0.4 is 10.0 Å². The van der Waals surface area contributed by atoms with Crippen molar-refractivity contribution in [1.29, 1.82) is 0 Å². The van der Waals surface area contributed by atoms with E-state index in [0.717, 1.165) is 12.0 Å². The number of benzene rings is 1. The van der Waals surface area contributed by atoms with Crippen molar-refractivity contribution >= 4 is 15.9 Å². The molecular formula is C16H26N2O3S. The topological polar surface area (TPSA) is 75.3 Å². The van der Waals surface area contributed by atoms with Crippen LogP contribution in [-0.2, 0) is 14.8 Å².